The summed E-state index contributed by atoms with van der Waals surface area (Å²) in [6.45, 7) is 5.82. The van der Waals surface area contributed by atoms with Gasteiger partial charge in [-0.3, -0.25) is 4.79 Å². The van der Waals surface area contributed by atoms with Crippen LogP contribution in [0, 0.1) is 0 Å². The van der Waals surface area contributed by atoms with Crippen LogP contribution in [-0.4, -0.2) is 24.2 Å². The Morgan fingerprint density at radius 3 is 2.23 bits per heavy atom. The molecular weight excluding hydrogens is 416 g/mol. The molecule has 0 aliphatic heterocycles. The maximum absolute atomic E-state index is 13.4. The summed E-state index contributed by atoms with van der Waals surface area (Å²) in [5.74, 6) is -0.507. The Kier molecular flexibility index (Phi) is 6.26. The molecule has 0 atom stereocenters. The third-order valence-corrected chi connectivity index (χ3v) is 6.96. The van der Waals surface area contributed by atoms with Gasteiger partial charge in [-0.1, -0.05) is 36.4 Å². The zero-order valence-electron chi connectivity index (χ0n) is 15.1. The lowest BCUT2D eigenvalue weighted by molar-refractivity contribution is -0.117. The number of nitrogens with zero attached hydrogens (tertiary/aromatic N) is 1. The van der Waals surface area contributed by atoms with Crippen molar-refractivity contribution in [2.24, 2.45) is 5.73 Å². The highest BCUT2D eigenvalue weighted by atomic mass is 79.9. The van der Waals surface area contributed by atoms with Crippen molar-refractivity contribution in [3.05, 3.63) is 64.1 Å². The van der Waals surface area contributed by atoms with E-state index in [1.54, 1.807) is 12.1 Å². The predicted molar refractivity (Wildman–Crippen MR) is 106 cm³/mol. The average Bonchev–Trinajstić information content (AvgIpc) is 2.53. The molecule has 0 fully saturated rings. The molecule has 0 aliphatic rings. The number of hydrogen-bond acceptors (Lipinski definition) is 3. The second-order valence-electron chi connectivity index (χ2n) is 7.08. The minimum atomic E-state index is -3.81. The Hall–Kier alpha value is -1.70. The van der Waals surface area contributed by atoms with Crippen LogP contribution in [0.2, 0.25) is 0 Å². The number of benzene rings is 2. The van der Waals surface area contributed by atoms with Crippen molar-refractivity contribution >= 4 is 31.9 Å². The second kappa shape index (κ2) is 7.90. The topological polar surface area (TPSA) is 80.5 Å². The van der Waals surface area contributed by atoms with E-state index in [0.29, 0.717) is 10.0 Å². The van der Waals surface area contributed by atoms with Crippen LogP contribution in [0.15, 0.2) is 57.9 Å². The molecule has 0 radical (unpaired) electrons. The molecule has 7 heteroatoms. The zero-order chi connectivity index (χ0) is 19.5. The minimum absolute atomic E-state index is 0.00992. The van der Waals surface area contributed by atoms with Gasteiger partial charge in [-0.2, -0.15) is 4.31 Å². The normalized spacial score (nSPS) is 12.3. The highest BCUT2D eigenvalue weighted by Gasteiger charge is 2.35. The van der Waals surface area contributed by atoms with Crippen molar-refractivity contribution < 1.29 is 13.2 Å². The summed E-state index contributed by atoms with van der Waals surface area (Å²) in [4.78, 5) is 11.3. The highest BCUT2D eigenvalue weighted by Crippen LogP contribution is 2.31. The molecule has 26 heavy (non-hydrogen) atoms. The van der Waals surface area contributed by atoms with Gasteiger partial charge in [0, 0.05) is 16.6 Å². The third-order valence-electron chi connectivity index (χ3n) is 3.86. The summed E-state index contributed by atoms with van der Waals surface area (Å²) >= 11 is 3.33. The fourth-order valence-electron chi connectivity index (χ4n) is 2.61. The van der Waals surface area contributed by atoms with Crippen LogP contribution in [0.1, 0.15) is 31.9 Å². The van der Waals surface area contributed by atoms with Gasteiger partial charge in [-0.15, -0.1) is 0 Å². The van der Waals surface area contributed by atoms with Gasteiger partial charge in [0.15, 0.2) is 0 Å². The Morgan fingerprint density at radius 1 is 1.08 bits per heavy atom. The van der Waals surface area contributed by atoms with Gasteiger partial charge in [-0.05, 0) is 60.0 Å². The van der Waals surface area contributed by atoms with Crippen molar-refractivity contribution in [3.63, 3.8) is 0 Å². The fourth-order valence-corrected chi connectivity index (χ4v) is 5.36. The van der Waals surface area contributed by atoms with E-state index >= 15 is 0 Å². The summed E-state index contributed by atoms with van der Waals surface area (Å²) in [5.41, 5.74) is 6.07. The molecule has 0 aliphatic carbocycles. The number of primary amides is 1. The molecule has 0 saturated heterocycles. The number of rotatable bonds is 6. The van der Waals surface area contributed by atoms with E-state index in [4.69, 9.17) is 5.73 Å². The maximum Gasteiger partial charge on any atom is 0.244 e. The van der Waals surface area contributed by atoms with Gasteiger partial charge in [0.2, 0.25) is 15.9 Å². The van der Waals surface area contributed by atoms with Gasteiger partial charge in [0.25, 0.3) is 0 Å². The number of hydrogen-bond donors (Lipinski definition) is 1. The van der Waals surface area contributed by atoms with E-state index in [9.17, 15) is 13.2 Å². The standard InChI is InChI=1S/C19H23BrN2O3S/c1-19(2,3)22(13-14-7-5-4-6-8-14)26(24,25)17-11-15(12-18(21)23)9-10-16(17)20/h4-11H,12-13H2,1-3H3,(H2,21,23). The quantitative estimate of drug-likeness (QED) is 0.749. The van der Waals surface area contributed by atoms with E-state index in [0.717, 1.165) is 5.56 Å². The predicted octanol–water partition coefficient (Wildman–Crippen LogP) is 3.47. The molecule has 2 aromatic carbocycles. The van der Waals surface area contributed by atoms with Crippen molar-refractivity contribution in [3.8, 4) is 0 Å². The molecule has 2 rings (SSSR count). The number of amides is 1. The monoisotopic (exact) mass is 438 g/mol. The Morgan fingerprint density at radius 2 is 1.69 bits per heavy atom. The smallest absolute Gasteiger partial charge is 0.244 e. The largest absolute Gasteiger partial charge is 0.369 e. The Bertz CT molecular complexity index is 891. The molecule has 0 bridgehead atoms. The molecule has 2 aromatic rings. The SMILES string of the molecule is CC(C)(C)N(Cc1ccccc1)S(=O)(=O)c1cc(CC(N)=O)ccc1Br. The minimum Gasteiger partial charge on any atom is -0.369 e. The van der Waals surface area contributed by atoms with Gasteiger partial charge in [0.1, 0.15) is 0 Å². The van der Waals surface area contributed by atoms with Crippen molar-refractivity contribution in [1.82, 2.24) is 4.31 Å². The first kappa shape index (κ1) is 20.6. The average molecular weight is 439 g/mol. The van der Waals surface area contributed by atoms with Crippen molar-refractivity contribution in [2.45, 2.75) is 44.2 Å². The maximum atomic E-state index is 13.4. The van der Waals surface area contributed by atoms with E-state index in [1.165, 1.54) is 10.4 Å². The molecule has 2 N–H and O–H groups in total. The van der Waals surface area contributed by atoms with Gasteiger partial charge in [-0.25, -0.2) is 8.42 Å². The third kappa shape index (κ3) is 4.93. The Balaban J connectivity index is 2.51. The van der Waals surface area contributed by atoms with E-state index in [2.05, 4.69) is 15.9 Å². The number of carbonyl (C=O) groups is 1. The molecular formula is C19H23BrN2O3S. The lowest BCUT2D eigenvalue weighted by Crippen LogP contribution is -2.45. The molecule has 0 unspecified atom stereocenters. The van der Waals surface area contributed by atoms with E-state index < -0.39 is 21.5 Å². The van der Waals surface area contributed by atoms with Crippen LogP contribution in [0.3, 0.4) is 0 Å². The molecule has 1 amide bonds. The van der Waals surface area contributed by atoms with Gasteiger partial charge in [0.05, 0.1) is 11.3 Å². The van der Waals surface area contributed by atoms with Crippen LogP contribution >= 0.6 is 15.9 Å². The lowest BCUT2D eigenvalue weighted by atomic mass is 10.1. The van der Waals surface area contributed by atoms with Gasteiger partial charge < -0.3 is 5.73 Å². The summed E-state index contributed by atoms with van der Waals surface area (Å²) in [6.07, 6.45) is -0.00992. The molecule has 140 valence electrons. The van der Waals surface area contributed by atoms with E-state index in [1.807, 2.05) is 51.1 Å². The number of nitrogens with two attached hydrogens (primary N) is 1. The molecule has 0 saturated carbocycles. The molecule has 0 heterocycles. The fraction of sp³-hybridized carbons (Fsp3) is 0.316. The van der Waals surface area contributed by atoms with Crippen LogP contribution in [-0.2, 0) is 27.8 Å². The van der Waals surface area contributed by atoms with E-state index in [-0.39, 0.29) is 17.9 Å². The summed E-state index contributed by atoms with van der Waals surface area (Å²) in [7, 11) is -3.81. The number of carbonyl (C=O) groups excluding carboxylic acids is 1. The van der Waals surface area contributed by atoms with Crippen molar-refractivity contribution in [1.29, 1.82) is 0 Å². The lowest BCUT2D eigenvalue weighted by Gasteiger charge is -2.35. The first-order valence-electron chi connectivity index (χ1n) is 8.15. The van der Waals surface area contributed by atoms with Crippen molar-refractivity contribution in [2.75, 3.05) is 0 Å². The summed E-state index contributed by atoms with van der Waals surface area (Å²) in [5, 5.41) is 0. The number of sulfonamides is 1. The van der Waals surface area contributed by atoms with Gasteiger partial charge >= 0.3 is 0 Å². The molecule has 0 spiro atoms. The molecule has 5 nitrogen and oxygen atoms in total. The van der Waals surface area contributed by atoms with Crippen LogP contribution in [0.25, 0.3) is 0 Å². The first-order chi connectivity index (χ1) is 12.0. The highest BCUT2D eigenvalue weighted by molar-refractivity contribution is 9.10. The van der Waals surface area contributed by atoms with Crippen LogP contribution in [0.4, 0.5) is 0 Å². The molecule has 0 aromatic heterocycles. The summed E-state index contributed by atoms with van der Waals surface area (Å²) in [6, 6.07) is 14.3. The summed E-state index contributed by atoms with van der Waals surface area (Å²) < 4.78 is 28.8. The zero-order valence-corrected chi connectivity index (χ0v) is 17.5. The first-order valence-corrected chi connectivity index (χ1v) is 10.4. The Labute approximate surface area is 163 Å². The second-order valence-corrected chi connectivity index (χ2v) is 9.76. The van der Waals surface area contributed by atoms with Crippen LogP contribution in [0.5, 0.6) is 0 Å². The number of halogens is 1. The van der Waals surface area contributed by atoms with Crippen LogP contribution < -0.4 is 5.73 Å².